The summed E-state index contributed by atoms with van der Waals surface area (Å²) >= 11 is -2.45. The molecule has 3 heteroatoms. The predicted octanol–water partition coefficient (Wildman–Crippen LogP) is 3.80. The molecule has 5 aromatic carbocycles. The summed E-state index contributed by atoms with van der Waals surface area (Å²) < 4.78 is 3.76. The van der Waals surface area contributed by atoms with E-state index in [0.29, 0.717) is 3.63 Å². The van der Waals surface area contributed by atoms with Crippen molar-refractivity contribution in [2.24, 2.45) is 0 Å². The molecule has 2 aliphatic carbocycles. The van der Waals surface area contributed by atoms with Crippen molar-refractivity contribution in [1.29, 1.82) is 0 Å². The molecule has 0 fully saturated rings. The van der Waals surface area contributed by atoms with E-state index in [0.717, 1.165) is 6.42 Å². The second kappa shape index (κ2) is 12.8. The van der Waals surface area contributed by atoms with Crippen LogP contribution in [0.25, 0.3) is 33.4 Å². The van der Waals surface area contributed by atoms with Crippen molar-refractivity contribution in [3.05, 3.63) is 166 Å². The number of halogens is 2. The van der Waals surface area contributed by atoms with E-state index in [4.69, 9.17) is 0 Å². The summed E-state index contributed by atoms with van der Waals surface area (Å²) in [5.41, 5.74) is 12.5. The van der Waals surface area contributed by atoms with Gasteiger partial charge < -0.3 is 24.8 Å². The van der Waals surface area contributed by atoms with Gasteiger partial charge in [-0.15, -0.1) is 0 Å². The summed E-state index contributed by atoms with van der Waals surface area (Å²) in [6, 6.07) is 47.3. The Balaban J connectivity index is 0.00000169. The van der Waals surface area contributed by atoms with E-state index < -0.39 is 21.3 Å². The Morgan fingerprint density at radius 2 is 1.07 bits per heavy atom. The molecule has 0 amide bonds. The molecule has 0 atom stereocenters. The van der Waals surface area contributed by atoms with Gasteiger partial charge in [-0.05, 0) is 0 Å². The Labute approximate surface area is 263 Å². The zero-order chi connectivity index (χ0) is 26.2. The molecule has 2 aliphatic rings. The molecular weight excluding hydrogens is 619 g/mol. The monoisotopic (exact) mass is 646 g/mol. The summed E-state index contributed by atoms with van der Waals surface area (Å²) in [7, 11) is 0. The van der Waals surface area contributed by atoms with Crippen LogP contribution in [0, 0.1) is 0 Å². The van der Waals surface area contributed by atoms with Crippen LogP contribution in [0.3, 0.4) is 0 Å². The van der Waals surface area contributed by atoms with Gasteiger partial charge in [-0.2, -0.15) is 0 Å². The van der Waals surface area contributed by atoms with E-state index in [2.05, 4.69) is 153 Å². The van der Waals surface area contributed by atoms with Gasteiger partial charge in [0.05, 0.1) is 0 Å². The second-order valence-electron chi connectivity index (χ2n) is 10.5. The van der Waals surface area contributed by atoms with Crippen LogP contribution < -0.4 is 24.8 Å². The number of allylic oxidation sites excluding steroid dienone is 4. The van der Waals surface area contributed by atoms with Crippen molar-refractivity contribution in [3.8, 4) is 33.4 Å². The van der Waals surface area contributed by atoms with Crippen LogP contribution in [0.1, 0.15) is 33.7 Å². The molecule has 200 valence electrons. The molecule has 0 bridgehead atoms. The summed E-state index contributed by atoms with van der Waals surface area (Å²) in [6.07, 6.45) is 8.18. The normalized spacial score (nSPS) is 13.4. The van der Waals surface area contributed by atoms with Crippen molar-refractivity contribution in [3.63, 3.8) is 0 Å². The SMILES string of the molecule is C/[C](c1ccccc1)=[Zr+2](/[C]1=CC=CC1)[CH]1c2cc(-c3ccccc3)ccc2-c2ccc(-c3ccccc3)cc21.[Cl-].[Cl-]. The molecule has 0 heterocycles. The number of hydrogen-bond acceptors (Lipinski definition) is 0. The zero-order valence-electron chi connectivity index (χ0n) is 22.9. The fraction of sp³-hybridized carbons (Fsp3) is 0.0789. The second-order valence-corrected chi connectivity index (χ2v) is 17.4. The van der Waals surface area contributed by atoms with Gasteiger partial charge in [-0.1, -0.05) is 0 Å². The average Bonchev–Trinajstić information content (AvgIpc) is 3.65. The maximum Gasteiger partial charge on any atom is -1.00 e. The van der Waals surface area contributed by atoms with Crippen molar-refractivity contribution in [2.45, 2.75) is 17.0 Å². The Kier molecular flexibility index (Phi) is 9.20. The minimum Gasteiger partial charge on any atom is -1.00 e. The predicted molar refractivity (Wildman–Crippen MR) is 163 cm³/mol. The standard InChI is InChI=1S/C25H17.C8H8.C5H5.2ClH.Zr/c1-3-7-18(8-4-1)20-11-13-24-22(15-20)17-23-16-21(12-14-25(23)24)19-9-5-2-6-10-19;1-2-8-6-4-3-5-7-8;1-2-4-5-3-1;;;/h1-17H;3-7H,1H3;1-3H,4H2;2*1H;/q;;;;;+2/p-2. The third kappa shape index (κ3) is 5.57. The first-order chi connectivity index (χ1) is 19.3. The van der Waals surface area contributed by atoms with Crippen LogP contribution >= 0.6 is 0 Å². The molecular formula is C38H30Cl2Zr. The Hall–Kier alpha value is -3.09. The minimum absolute atomic E-state index is 0. The molecule has 0 aromatic heterocycles. The Morgan fingerprint density at radius 3 is 1.54 bits per heavy atom. The van der Waals surface area contributed by atoms with Crippen LogP contribution in [0.15, 0.2) is 149 Å². The molecule has 7 rings (SSSR count). The first-order valence-corrected chi connectivity index (χ1v) is 17.7. The van der Waals surface area contributed by atoms with Crippen LogP contribution in [0.2, 0.25) is 0 Å². The fourth-order valence-electron chi connectivity index (χ4n) is 6.33. The maximum absolute atomic E-state index is 2.51. The maximum atomic E-state index is 2.51. The molecule has 5 aromatic rings. The molecule has 41 heavy (non-hydrogen) atoms. The van der Waals surface area contributed by atoms with Crippen LogP contribution in [-0.2, 0) is 21.3 Å². The molecule has 0 radical (unpaired) electrons. The minimum atomic E-state index is -2.45. The van der Waals surface area contributed by atoms with Crippen molar-refractivity contribution >= 4 is 3.21 Å². The van der Waals surface area contributed by atoms with E-state index in [9.17, 15) is 0 Å². The molecule has 0 spiro atoms. The van der Waals surface area contributed by atoms with E-state index in [1.165, 1.54) is 50.1 Å². The number of rotatable bonds is 5. The smallest absolute Gasteiger partial charge is 1.00 e. The van der Waals surface area contributed by atoms with Crippen molar-refractivity contribution in [1.82, 2.24) is 0 Å². The van der Waals surface area contributed by atoms with Gasteiger partial charge in [0.1, 0.15) is 0 Å². The summed E-state index contributed by atoms with van der Waals surface area (Å²) in [5, 5.41) is 0. The van der Waals surface area contributed by atoms with E-state index in [1.807, 2.05) is 0 Å². The molecule has 0 aliphatic heterocycles. The van der Waals surface area contributed by atoms with Gasteiger partial charge in [0.2, 0.25) is 0 Å². The fourth-order valence-corrected chi connectivity index (χ4v) is 14.9. The molecule has 0 saturated carbocycles. The Bertz CT molecular complexity index is 1680. The third-order valence-electron chi connectivity index (χ3n) is 8.25. The third-order valence-corrected chi connectivity index (χ3v) is 16.5. The number of benzene rings is 5. The van der Waals surface area contributed by atoms with Crippen molar-refractivity contribution < 1.29 is 46.1 Å². The van der Waals surface area contributed by atoms with Gasteiger partial charge >= 0.3 is 240 Å². The quantitative estimate of drug-likeness (QED) is 0.272. The van der Waals surface area contributed by atoms with Gasteiger partial charge in [0, 0.05) is 0 Å². The van der Waals surface area contributed by atoms with Crippen molar-refractivity contribution in [2.75, 3.05) is 0 Å². The number of hydrogen-bond donors (Lipinski definition) is 0. The Morgan fingerprint density at radius 1 is 0.585 bits per heavy atom. The average molecular weight is 649 g/mol. The summed E-state index contributed by atoms with van der Waals surface area (Å²) in [5.74, 6) is 0. The van der Waals surface area contributed by atoms with Gasteiger partial charge in [0.15, 0.2) is 0 Å². The van der Waals surface area contributed by atoms with Gasteiger partial charge in [-0.3, -0.25) is 0 Å². The van der Waals surface area contributed by atoms with Gasteiger partial charge in [-0.25, -0.2) is 0 Å². The van der Waals surface area contributed by atoms with E-state index in [-0.39, 0.29) is 24.8 Å². The first-order valence-electron chi connectivity index (χ1n) is 13.8. The van der Waals surface area contributed by atoms with E-state index >= 15 is 0 Å². The first kappa shape index (κ1) is 29.4. The molecule has 0 unspecified atom stereocenters. The van der Waals surface area contributed by atoms with Crippen LogP contribution in [0.5, 0.6) is 0 Å². The summed E-state index contributed by atoms with van der Waals surface area (Å²) in [4.78, 5) is 0. The molecule has 0 N–H and O–H groups in total. The topological polar surface area (TPSA) is 0 Å². The largest absolute Gasteiger partial charge is 1.00 e. The molecule has 0 saturated heterocycles. The number of fused-ring (bicyclic) bond motifs is 3. The van der Waals surface area contributed by atoms with Crippen LogP contribution in [-0.4, -0.2) is 3.21 Å². The van der Waals surface area contributed by atoms with E-state index in [1.54, 1.807) is 6.49 Å². The summed E-state index contributed by atoms with van der Waals surface area (Å²) in [6.45, 7) is 2.43. The molecule has 0 nitrogen and oxygen atoms in total. The zero-order valence-corrected chi connectivity index (χ0v) is 26.9. The van der Waals surface area contributed by atoms with Gasteiger partial charge in [0.25, 0.3) is 0 Å². The van der Waals surface area contributed by atoms with Crippen LogP contribution in [0.4, 0.5) is 0 Å².